The SMILES string of the molecule is CCOC(=O)NCCC(NC(=O)O)C(=O)NCCC(=O)CNC(=O)OC. The maximum Gasteiger partial charge on any atom is 0.407 e. The molecular formula is C14H24N4O8. The molecule has 1 atom stereocenters. The highest BCUT2D eigenvalue weighted by Gasteiger charge is 2.20. The molecule has 12 nitrogen and oxygen atoms in total. The first kappa shape index (κ1) is 22.9. The highest BCUT2D eigenvalue weighted by Crippen LogP contribution is 1.93. The molecule has 1 unspecified atom stereocenters. The van der Waals surface area contributed by atoms with E-state index in [0.29, 0.717) is 0 Å². The van der Waals surface area contributed by atoms with E-state index in [1.165, 1.54) is 0 Å². The van der Waals surface area contributed by atoms with Gasteiger partial charge in [-0.15, -0.1) is 0 Å². The third-order valence-corrected chi connectivity index (χ3v) is 2.91. The Morgan fingerprint density at radius 3 is 2.27 bits per heavy atom. The summed E-state index contributed by atoms with van der Waals surface area (Å²) in [6.45, 7) is 1.54. The Kier molecular flexibility index (Phi) is 11.7. The fourth-order valence-corrected chi connectivity index (χ4v) is 1.70. The van der Waals surface area contributed by atoms with Gasteiger partial charge in [0.1, 0.15) is 6.04 Å². The van der Waals surface area contributed by atoms with Gasteiger partial charge in [-0.1, -0.05) is 0 Å². The van der Waals surface area contributed by atoms with E-state index < -0.39 is 30.2 Å². The maximum atomic E-state index is 12.0. The molecule has 4 amide bonds. The van der Waals surface area contributed by atoms with Crippen molar-refractivity contribution in [1.29, 1.82) is 0 Å². The van der Waals surface area contributed by atoms with Crippen LogP contribution in [0.1, 0.15) is 19.8 Å². The number of ether oxygens (including phenoxy) is 2. The average molecular weight is 376 g/mol. The minimum Gasteiger partial charge on any atom is -0.465 e. The van der Waals surface area contributed by atoms with Crippen molar-refractivity contribution in [2.24, 2.45) is 0 Å². The lowest BCUT2D eigenvalue weighted by atomic mass is 10.2. The Bertz CT molecular complexity index is 511. The van der Waals surface area contributed by atoms with Crippen molar-refractivity contribution in [3.63, 3.8) is 0 Å². The van der Waals surface area contributed by atoms with Crippen LogP contribution in [0.25, 0.3) is 0 Å². The number of carbonyl (C=O) groups is 5. The van der Waals surface area contributed by atoms with E-state index in [-0.39, 0.29) is 44.9 Å². The van der Waals surface area contributed by atoms with Crippen molar-refractivity contribution in [2.75, 3.05) is 33.4 Å². The zero-order chi connectivity index (χ0) is 19.9. The van der Waals surface area contributed by atoms with Crippen molar-refractivity contribution in [3.05, 3.63) is 0 Å². The number of Topliss-reactive ketones (excluding diaryl/α,β-unsaturated/α-hetero) is 1. The quantitative estimate of drug-likeness (QED) is 0.311. The molecule has 26 heavy (non-hydrogen) atoms. The summed E-state index contributed by atoms with van der Waals surface area (Å²) in [5.74, 6) is -0.991. The number of methoxy groups -OCH3 is 1. The van der Waals surface area contributed by atoms with Crippen LogP contribution in [0.15, 0.2) is 0 Å². The summed E-state index contributed by atoms with van der Waals surface area (Å²) >= 11 is 0. The van der Waals surface area contributed by atoms with Crippen LogP contribution >= 0.6 is 0 Å². The fourth-order valence-electron chi connectivity index (χ4n) is 1.70. The number of carboxylic acid groups (broad SMARTS) is 1. The predicted molar refractivity (Wildman–Crippen MR) is 87.6 cm³/mol. The molecule has 5 N–H and O–H groups in total. The molecule has 0 aliphatic heterocycles. The summed E-state index contributed by atoms with van der Waals surface area (Å²) in [7, 11) is 1.16. The standard InChI is InChI=1S/C14H24N4O8/c1-3-26-14(24)16-7-5-10(18-12(21)22)11(20)15-6-4-9(19)8-17-13(23)25-2/h10,18H,3-8H2,1-2H3,(H,15,20)(H,16,24)(H,17,23)(H,21,22). The fraction of sp³-hybridized carbons (Fsp3) is 0.643. The van der Waals surface area contributed by atoms with Gasteiger partial charge in [0.05, 0.1) is 20.3 Å². The summed E-state index contributed by atoms with van der Waals surface area (Å²) in [6, 6.07) is -1.11. The molecule has 0 aromatic carbocycles. The molecule has 0 saturated heterocycles. The number of carbonyl (C=O) groups excluding carboxylic acids is 4. The van der Waals surface area contributed by atoms with E-state index in [0.717, 1.165) is 7.11 Å². The Hall–Kier alpha value is -3.05. The molecule has 0 aromatic rings. The van der Waals surface area contributed by atoms with Crippen LogP contribution in [-0.2, 0) is 19.1 Å². The van der Waals surface area contributed by atoms with E-state index in [2.05, 4.69) is 25.4 Å². The second-order valence-electron chi connectivity index (χ2n) is 4.86. The van der Waals surface area contributed by atoms with Crippen LogP contribution < -0.4 is 21.3 Å². The van der Waals surface area contributed by atoms with Crippen LogP contribution in [0.5, 0.6) is 0 Å². The Morgan fingerprint density at radius 1 is 1.00 bits per heavy atom. The van der Waals surface area contributed by atoms with Crippen molar-refractivity contribution in [2.45, 2.75) is 25.8 Å². The maximum absolute atomic E-state index is 12.0. The lowest BCUT2D eigenvalue weighted by Crippen LogP contribution is -2.48. The largest absolute Gasteiger partial charge is 0.465 e. The summed E-state index contributed by atoms with van der Waals surface area (Å²) < 4.78 is 8.95. The smallest absolute Gasteiger partial charge is 0.407 e. The first-order chi connectivity index (χ1) is 12.3. The number of nitrogens with one attached hydrogen (secondary N) is 4. The second kappa shape index (κ2) is 13.3. The Balaban J connectivity index is 4.25. The van der Waals surface area contributed by atoms with E-state index in [1.807, 2.05) is 5.32 Å². The molecular weight excluding hydrogens is 352 g/mol. The third-order valence-electron chi connectivity index (χ3n) is 2.91. The van der Waals surface area contributed by atoms with E-state index in [9.17, 15) is 24.0 Å². The van der Waals surface area contributed by atoms with Crippen LogP contribution in [0.2, 0.25) is 0 Å². The van der Waals surface area contributed by atoms with Gasteiger partial charge in [-0.05, 0) is 13.3 Å². The lowest BCUT2D eigenvalue weighted by molar-refractivity contribution is -0.123. The molecule has 148 valence electrons. The third kappa shape index (κ3) is 11.5. The van der Waals surface area contributed by atoms with E-state index in [1.54, 1.807) is 6.92 Å². The average Bonchev–Trinajstić information content (AvgIpc) is 2.58. The van der Waals surface area contributed by atoms with Gasteiger partial charge in [-0.25, -0.2) is 14.4 Å². The first-order valence-corrected chi connectivity index (χ1v) is 7.81. The van der Waals surface area contributed by atoms with Crippen LogP contribution in [0, 0.1) is 0 Å². The van der Waals surface area contributed by atoms with Gasteiger partial charge in [-0.2, -0.15) is 0 Å². The number of rotatable bonds is 11. The van der Waals surface area contributed by atoms with Crippen LogP contribution in [0.4, 0.5) is 14.4 Å². The molecule has 0 bridgehead atoms. The zero-order valence-electron chi connectivity index (χ0n) is 14.6. The topological polar surface area (TPSA) is 172 Å². The van der Waals surface area contributed by atoms with Gasteiger partial charge in [-0.3, -0.25) is 9.59 Å². The van der Waals surface area contributed by atoms with Crippen LogP contribution in [0.3, 0.4) is 0 Å². The molecule has 12 heteroatoms. The highest BCUT2D eigenvalue weighted by molar-refractivity contribution is 5.87. The van der Waals surface area contributed by atoms with Gasteiger partial charge in [0, 0.05) is 19.5 Å². The molecule has 0 spiro atoms. The number of alkyl carbamates (subject to hydrolysis) is 2. The highest BCUT2D eigenvalue weighted by atomic mass is 16.5. The van der Waals surface area contributed by atoms with Crippen LogP contribution in [-0.4, -0.2) is 74.5 Å². The number of ketones is 1. The second-order valence-corrected chi connectivity index (χ2v) is 4.86. The van der Waals surface area contributed by atoms with E-state index >= 15 is 0 Å². The summed E-state index contributed by atoms with van der Waals surface area (Å²) in [6.07, 6.45) is -2.89. The molecule has 0 aromatic heterocycles. The summed E-state index contributed by atoms with van der Waals surface area (Å²) in [5.41, 5.74) is 0. The molecule has 0 radical (unpaired) electrons. The minimum atomic E-state index is -1.40. The zero-order valence-corrected chi connectivity index (χ0v) is 14.6. The summed E-state index contributed by atoms with van der Waals surface area (Å²) in [4.78, 5) is 56.2. The van der Waals surface area contributed by atoms with Gasteiger partial charge in [0.25, 0.3) is 0 Å². The summed E-state index contributed by atoms with van der Waals surface area (Å²) in [5, 5.41) is 17.8. The number of hydrogen-bond donors (Lipinski definition) is 5. The van der Waals surface area contributed by atoms with Crippen molar-refractivity contribution >= 4 is 30.0 Å². The number of hydrogen-bond acceptors (Lipinski definition) is 7. The van der Waals surface area contributed by atoms with Crippen molar-refractivity contribution in [3.8, 4) is 0 Å². The molecule has 0 aliphatic rings. The number of amides is 4. The minimum absolute atomic E-state index is 0.00517. The molecule has 0 fully saturated rings. The molecule has 0 heterocycles. The van der Waals surface area contributed by atoms with Gasteiger partial charge < -0.3 is 35.8 Å². The van der Waals surface area contributed by atoms with Crippen molar-refractivity contribution < 1.29 is 38.6 Å². The molecule has 0 saturated carbocycles. The lowest BCUT2D eigenvalue weighted by Gasteiger charge is -2.17. The van der Waals surface area contributed by atoms with Gasteiger partial charge in [0.15, 0.2) is 5.78 Å². The monoisotopic (exact) mass is 376 g/mol. The molecule has 0 rings (SSSR count). The van der Waals surface area contributed by atoms with Gasteiger partial charge in [0.2, 0.25) is 5.91 Å². The van der Waals surface area contributed by atoms with E-state index in [4.69, 9.17) is 5.11 Å². The first-order valence-electron chi connectivity index (χ1n) is 7.81. The Labute approximate surface area is 150 Å². The molecule has 0 aliphatic carbocycles. The van der Waals surface area contributed by atoms with Crippen molar-refractivity contribution in [1.82, 2.24) is 21.3 Å². The normalized spacial score (nSPS) is 10.8. The van der Waals surface area contributed by atoms with Gasteiger partial charge >= 0.3 is 18.3 Å². The predicted octanol–water partition coefficient (Wildman–Crippen LogP) is -0.810. The Morgan fingerprint density at radius 2 is 1.69 bits per heavy atom.